The number of rotatable bonds is 3. The molecule has 0 radical (unpaired) electrons. The van der Waals surface area contributed by atoms with Crippen molar-refractivity contribution in [2.24, 2.45) is 0 Å². The van der Waals surface area contributed by atoms with Crippen LogP contribution in [0.4, 0.5) is 8.78 Å². The maximum absolute atomic E-state index is 13.2. The molecular weight excluding hydrogens is 355 g/mol. The first-order valence-electron chi connectivity index (χ1n) is 5.05. The van der Waals surface area contributed by atoms with Crippen LogP contribution in [0.2, 0.25) is 0 Å². The molecule has 18 heavy (non-hydrogen) atoms. The Balaban J connectivity index is 0.000000771. The summed E-state index contributed by atoms with van der Waals surface area (Å²) in [5.41, 5.74) is 0.198. The Hall–Kier alpha value is -0.797. The molecule has 2 rings (SSSR count). The van der Waals surface area contributed by atoms with E-state index in [-0.39, 0.29) is 12.2 Å². The number of ether oxygens (including phenoxy) is 1. The van der Waals surface area contributed by atoms with Crippen molar-refractivity contribution < 1.29 is 29.9 Å². The van der Waals surface area contributed by atoms with Crippen molar-refractivity contribution in [3.8, 4) is 5.75 Å². The van der Waals surface area contributed by atoms with Gasteiger partial charge in [-0.2, -0.15) is 18.2 Å². The number of hydrogen-bond acceptors (Lipinski definition) is 1. The molecule has 0 heterocycles. The zero-order chi connectivity index (χ0) is 13.4. The van der Waals surface area contributed by atoms with Crippen molar-refractivity contribution >= 4 is 13.6 Å². The van der Waals surface area contributed by atoms with Gasteiger partial charge in [0.15, 0.2) is 0 Å². The van der Waals surface area contributed by atoms with Crippen molar-refractivity contribution in [2.75, 3.05) is 0 Å². The van der Waals surface area contributed by atoms with E-state index in [1.165, 1.54) is 16.3 Å². The van der Waals surface area contributed by atoms with Gasteiger partial charge in [-0.25, -0.2) is 8.78 Å². The quantitative estimate of drug-likeness (QED) is 0.586. The molecule has 2 aromatic rings. The summed E-state index contributed by atoms with van der Waals surface area (Å²) < 4.78 is 31.4. The number of hydrogen-bond donors (Lipinski definition) is 0. The van der Waals surface area contributed by atoms with Gasteiger partial charge in [-0.1, -0.05) is 0 Å². The first-order chi connectivity index (χ1) is 8.75. The van der Waals surface area contributed by atoms with E-state index < -0.39 is 11.6 Å². The molecule has 0 aliphatic carbocycles. The molecule has 1 nitrogen and oxygen atoms in total. The van der Waals surface area contributed by atoms with Crippen molar-refractivity contribution in [1.29, 1.82) is 0 Å². The van der Waals surface area contributed by atoms with E-state index in [2.05, 4.69) is 19.7 Å². The molecule has 0 spiro atoms. The predicted molar refractivity (Wildman–Crippen MR) is 64.9 cm³/mol. The van der Waals surface area contributed by atoms with Crippen LogP contribution in [0.25, 0.3) is 0 Å². The van der Waals surface area contributed by atoms with Crippen LogP contribution in [-0.2, 0) is 22.9 Å². The molecule has 0 bridgehead atoms. The van der Waals surface area contributed by atoms with Crippen LogP contribution in [-0.4, -0.2) is 0 Å². The Morgan fingerprint density at radius 1 is 1.22 bits per heavy atom. The Labute approximate surface area is 121 Å². The minimum absolute atomic E-state index is 0.00144. The van der Waals surface area contributed by atoms with Gasteiger partial charge in [0.1, 0.15) is 11.6 Å². The van der Waals surface area contributed by atoms with Gasteiger partial charge in [-0.15, -0.1) is 12.1 Å². The topological polar surface area (TPSA) is 9.23 Å². The Morgan fingerprint density at radius 2 is 2.00 bits per heavy atom. The molecule has 0 fully saturated rings. The fourth-order valence-electron chi connectivity index (χ4n) is 1.28. The molecule has 90 valence electrons. The van der Waals surface area contributed by atoms with Gasteiger partial charge in [0.2, 0.25) is 0 Å². The predicted octanol–water partition coefficient (Wildman–Crippen LogP) is 4.19. The van der Waals surface area contributed by atoms with Gasteiger partial charge in [-0.05, 0) is 18.2 Å². The van der Waals surface area contributed by atoms with E-state index in [0.29, 0.717) is 5.75 Å². The fourth-order valence-corrected chi connectivity index (χ4v) is 1.28. The van der Waals surface area contributed by atoms with Crippen molar-refractivity contribution in [2.45, 2.75) is 6.61 Å². The second kappa shape index (κ2) is 8.33. The van der Waals surface area contributed by atoms with Gasteiger partial charge in [-0.3, -0.25) is 0 Å². The maximum atomic E-state index is 13.2. The van der Waals surface area contributed by atoms with Gasteiger partial charge in [0, 0.05) is 11.3 Å². The number of halogens is 3. The molecule has 0 N–H and O–H groups in total. The molecule has 5 heteroatoms. The van der Waals surface area contributed by atoms with Gasteiger partial charge in [0.05, 0.1) is 6.61 Å². The molecule has 0 aliphatic rings. The van der Waals surface area contributed by atoms with Crippen molar-refractivity contribution in [1.82, 2.24) is 0 Å². The van der Waals surface area contributed by atoms with Crippen LogP contribution >= 0.6 is 13.6 Å². The Bertz CT molecular complexity index is 480. The van der Waals surface area contributed by atoms with Crippen LogP contribution in [0.1, 0.15) is 5.56 Å². The SMILES string of the molecule is Fc1ccc(F)c(COc2c[c-]ccc2)c1.[Zn+][Br]. The van der Waals surface area contributed by atoms with Gasteiger partial charge >= 0.3 is 30.0 Å². The average Bonchev–Trinajstić information content (AvgIpc) is 2.43. The third-order valence-corrected chi connectivity index (χ3v) is 2.08. The van der Waals surface area contributed by atoms with Crippen LogP contribution in [0.5, 0.6) is 5.75 Å². The van der Waals surface area contributed by atoms with E-state index in [9.17, 15) is 8.78 Å². The zero-order valence-corrected chi connectivity index (χ0v) is 14.1. The Kier molecular flexibility index (Phi) is 7.06. The van der Waals surface area contributed by atoms with Crippen molar-refractivity contribution in [3.63, 3.8) is 0 Å². The summed E-state index contributed by atoms with van der Waals surface area (Å²) in [6.07, 6.45) is 0. The summed E-state index contributed by atoms with van der Waals surface area (Å²) in [6, 6.07) is 13.0. The summed E-state index contributed by atoms with van der Waals surface area (Å²) in [4.78, 5) is 0. The summed E-state index contributed by atoms with van der Waals surface area (Å²) in [7, 11) is 0. The van der Waals surface area contributed by atoms with Crippen LogP contribution in [0.15, 0.2) is 42.5 Å². The average molecular weight is 365 g/mol. The van der Waals surface area contributed by atoms with Crippen LogP contribution in [0, 0.1) is 17.7 Å². The molecule has 0 atom stereocenters. The van der Waals surface area contributed by atoms with Gasteiger partial charge in [0.25, 0.3) is 0 Å². The molecule has 2 aromatic carbocycles. The fraction of sp³-hybridized carbons (Fsp3) is 0.0769. The second-order valence-corrected chi connectivity index (χ2v) is 3.26. The van der Waals surface area contributed by atoms with Gasteiger partial charge < -0.3 is 4.74 Å². The number of benzene rings is 2. The van der Waals surface area contributed by atoms with Crippen LogP contribution in [0.3, 0.4) is 0 Å². The normalized spacial score (nSPS) is 9.39. The molecule has 0 unspecified atom stereocenters. The third-order valence-electron chi connectivity index (χ3n) is 2.08. The van der Waals surface area contributed by atoms with Crippen molar-refractivity contribution in [3.05, 3.63) is 65.7 Å². The molecule has 0 saturated carbocycles. The summed E-state index contributed by atoms with van der Waals surface area (Å²) >= 11 is 4.25. The molecular formula is C13H9BrF2OZn. The third kappa shape index (κ3) is 4.83. The van der Waals surface area contributed by atoms with E-state index in [1.54, 1.807) is 24.3 Å². The van der Waals surface area contributed by atoms with E-state index in [1.807, 2.05) is 0 Å². The summed E-state index contributed by atoms with van der Waals surface area (Å²) in [5, 5.41) is 0. The zero-order valence-electron chi connectivity index (χ0n) is 9.50. The van der Waals surface area contributed by atoms with E-state index >= 15 is 0 Å². The van der Waals surface area contributed by atoms with Crippen LogP contribution < -0.4 is 4.74 Å². The first kappa shape index (κ1) is 15.3. The standard InChI is InChI=1S/C13H9F2O.BrH.Zn/c14-11-6-7-13(15)10(8-11)9-16-12-4-2-1-3-5-12;;/h1-2,4-8H,9H2;1H;/q-1;;+2/p-1. The first-order valence-corrected chi connectivity index (χ1v) is 12.0. The minimum atomic E-state index is -0.473. The monoisotopic (exact) mass is 362 g/mol. The van der Waals surface area contributed by atoms with E-state index in [0.717, 1.165) is 18.2 Å². The Morgan fingerprint density at radius 3 is 2.67 bits per heavy atom. The molecule has 0 amide bonds. The second-order valence-electron chi connectivity index (χ2n) is 3.26. The summed E-state index contributed by atoms with van der Waals surface area (Å²) in [5.74, 6) is -0.368. The molecule has 0 aliphatic heterocycles. The van der Waals surface area contributed by atoms with E-state index in [4.69, 9.17) is 4.74 Å². The summed E-state index contributed by atoms with van der Waals surface area (Å²) in [6.45, 7) is 0.00144. The molecule has 0 saturated heterocycles. The molecule has 0 aromatic heterocycles.